The average molecular weight is 423 g/mol. The molecule has 4 nitrogen and oxygen atoms in total. The third kappa shape index (κ3) is 102. The number of rotatable bonds is 0. The molecule has 0 rings (SSSR count). The molecule has 0 radical (unpaired) electrons. The third-order valence-electron chi connectivity index (χ3n) is 0. The summed E-state index contributed by atoms with van der Waals surface area (Å²) >= 11 is 6.56. The topological polar surface area (TPSA) is 140 Å². The Hall–Kier alpha value is 1.49. The minimum absolute atomic E-state index is 0. The summed E-state index contributed by atoms with van der Waals surface area (Å²) in [7, 11) is 0. The molecule has 0 heterocycles. The van der Waals surface area contributed by atoms with Gasteiger partial charge in [0.05, 0.1) is 0 Å². The van der Waals surface area contributed by atoms with E-state index in [0.717, 1.165) is 0 Å². The molecule has 0 unspecified atom stereocenters. The molecule has 0 fully saturated rings. The van der Waals surface area contributed by atoms with E-state index in [-0.39, 0.29) is 39.1 Å². The predicted octanol–water partition coefficient (Wildman–Crippen LogP) is 2.34. The molecule has 7 heteroatoms. The standard InChI is InChI=1S/2BrH.4H3N.Pt/h2*1H;4*1H3;/q;;;;;;+2/p-2. The Morgan fingerprint density at radius 2 is 0.714 bits per heavy atom. The maximum atomic E-state index is 3.17. The van der Waals surface area contributed by atoms with E-state index >= 15 is 0 Å². The molecular formula is H12Br2N4Pt. The van der Waals surface area contributed by atoms with E-state index in [2.05, 4.69) is 26.6 Å². The summed E-state index contributed by atoms with van der Waals surface area (Å²) in [5.74, 6) is 0. The quantitative estimate of drug-likeness (QED) is 0.475. The van der Waals surface area contributed by atoms with Crippen molar-refractivity contribution in [3.05, 3.63) is 0 Å². The molecule has 0 aromatic carbocycles. The molecule has 0 atom stereocenters. The van der Waals surface area contributed by atoms with Gasteiger partial charge in [-0.1, -0.05) is 0 Å². The van der Waals surface area contributed by atoms with Gasteiger partial charge in [-0.3, -0.25) is 0 Å². The van der Waals surface area contributed by atoms with Crippen LogP contribution in [0.3, 0.4) is 0 Å². The van der Waals surface area contributed by atoms with Gasteiger partial charge in [-0.2, -0.15) is 0 Å². The summed E-state index contributed by atoms with van der Waals surface area (Å²) in [5, 5.41) is 0. The fourth-order valence-corrected chi connectivity index (χ4v) is 0. The van der Waals surface area contributed by atoms with Crippen molar-refractivity contribution in [1.29, 1.82) is 0 Å². The molecule has 7 heavy (non-hydrogen) atoms. The molecule has 0 saturated carbocycles. The van der Waals surface area contributed by atoms with Crippen LogP contribution in [0.4, 0.5) is 0 Å². The zero-order chi connectivity index (χ0) is 2.71. The molecule has 0 bridgehead atoms. The van der Waals surface area contributed by atoms with Crippen LogP contribution in [0.25, 0.3) is 0 Å². The first-order valence-corrected chi connectivity index (χ1v) is 10.2. The van der Waals surface area contributed by atoms with E-state index in [1.54, 1.807) is 0 Å². The Morgan fingerprint density at radius 1 is 0.714 bits per heavy atom. The van der Waals surface area contributed by atoms with Gasteiger partial charge in [-0.25, -0.2) is 0 Å². The van der Waals surface area contributed by atoms with Crippen molar-refractivity contribution in [2.45, 2.75) is 0 Å². The molecule has 56 valence electrons. The van der Waals surface area contributed by atoms with Crippen molar-refractivity contribution in [3.8, 4) is 0 Å². The maximum absolute atomic E-state index is 3.17. The van der Waals surface area contributed by atoms with Gasteiger partial charge in [-0.15, -0.1) is 0 Å². The molecule has 0 amide bonds. The molecule has 0 spiro atoms. The Bertz CT molecular complexity index is 9.65. The van der Waals surface area contributed by atoms with Gasteiger partial charge in [0.25, 0.3) is 0 Å². The van der Waals surface area contributed by atoms with E-state index in [0.29, 0.717) is 0 Å². The van der Waals surface area contributed by atoms with E-state index in [4.69, 9.17) is 0 Å². The number of hydrogen-bond acceptors (Lipinski definition) is 4. The normalized spacial score (nSPS) is 3.14. The van der Waals surface area contributed by atoms with Crippen LogP contribution in [-0.2, 0) is 14.5 Å². The van der Waals surface area contributed by atoms with Gasteiger partial charge in [0.15, 0.2) is 0 Å². The Kier molecular flexibility index (Phi) is 285. The van der Waals surface area contributed by atoms with E-state index in [1.165, 1.54) is 0 Å². The second kappa shape index (κ2) is 50.9. The summed E-state index contributed by atoms with van der Waals surface area (Å²) in [4.78, 5) is 0. The fraction of sp³-hybridized carbons (Fsp3) is 0. The van der Waals surface area contributed by atoms with Crippen LogP contribution < -0.4 is 24.6 Å². The minimum atomic E-state index is 0. The third-order valence-corrected chi connectivity index (χ3v) is 0. The number of halogens is 2. The molecule has 0 aromatic heterocycles. The molecule has 0 aromatic rings. The van der Waals surface area contributed by atoms with Crippen molar-refractivity contribution in [1.82, 2.24) is 24.6 Å². The summed E-state index contributed by atoms with van der Waals surface area (Å²) in [6.45, 7) is 0. The summed E-state index contributed by atoms with van der Waals surface area (Å²) in [6, 6.07) is 0. The van der Waals surface area contributed by atoms with Crippen molar-refractivity contribution < 1.29 is 14.5 Å². The van der Waals surface area contributed by atoms with E-state index in [9.17, 15) is 0 Å². The Morgan fingerprint density at radius 3 is 0.714 bits per heavy atom. The molecule has 12 N–H and O–H groups in total. The van der Waals surface area contributed by atoms with Crippen molar-refractivity contribution >= 4 is 26.6 Å². The van der Waals surface area contributed by atoms with E-state index < -0.39 is 0 Å². The average Bonchev–Trinajstić information content (AvgIpc) is 0.918. The van der Waals surface area contributed by atoms with E-state index in [1.807, 2.05) is 0 Å². The van der Waals surface area contributed by atoms with Gasteiger partial charge in [0, 0.05) is 0 Å². The van der Waals surface area contributed by atoms with Crippen LogP contribution in [0.2, 0.25) is 0 Å². The zero-order valence-electron chi connectivity index (χ0n) is 3.90. The van der Waals surface area contributed by atoms with Crippen molar-refractivity contribution in [3.63, 3.8) is 0 Å². The fourth-order valence-electron chi connectivity index (χ4n) is 0. The number of hydrogen-bond donors (Lipinski definition) is 4. The summed E-state index contributed by atoms with van der Waals surface area (Å²) in [5.41, 5.74) is 0. The predicted molar refractivity (Wildman–Crippen MR) is 37.9 cm³/mol. The zero-order valence-corrected chi connectivity index (χ0v) is 9.34. The Balaban J connectivity index is -0.00000000333. The second-order valence-electron chi connectivity index (χ2n) is 0.0452. The molecule has 0 aliphatic carbocycles. The van der Waals surface area contributed by atoms with Gasteiger partial charge >= 0.3 is 41.0 Å². The van der Waals surface area contributed by atoms with Crippen LogP contribution >= 0.6 is 26.6 Å². The van der Waals surface area contributed by atoms with Gasteiger partial charge in [0.2, 0.25) is 0 Å². The summed E-state index contributed by atoms with van der Waals surface area (Å²) in [6.07, 6.45) is 0. The van der Waals surface area contributed by atoms with Crippen LogP contribution in [0, 0.1) is 0 Å². The van der Waals surface area contributed by atoms with Crippen molar-refractivity contribution in [2.75, 3.05) is 0 Å². The van der Waals surface area contributed by atoms with Gasteiger partial charge < -0.3 is 24.6 Å². The molecule has 0 aliphatic heterocycles. The molecule has 0 saturated heterocycles. The first-order chi connectivity index (χ1) is 1.41. The first kappa shape index (κ1) is 39.1. The Labute approximate surface area is 65.3 Å². The summed E-state index contributed by atoms with van der Waals surface area (Å²) < 4.78 is 0. The van der Waals surface area contributed by atoms with Gasteiger partial charge in [-0.05, 0) is 0 Å². The van der Waals surface area contributed by atoms with Crippen LogP contribution in [0.5, 0.6) is 0 Å². The van der Waals surface area contributed by atoms with Gasteiger partial charge in [0.1, 0.15) is 0 Å². The van der Waals surface area contributed by atoms with Crippen LogP contribution in [0.15, 0.2) is 0 Å². The SMILES string of the molecule is N.N.N.N.[Br][Pt][Br]. The van der Waals surface area contributed by atoms with Crippen molar-refractivity contribution in [2.24, 2.45) is 0 Å². The second-order valence-corrected chi connectivity index (χ2v) is 9.98. The molecular weight excluding hydrogens is 411 g/mol. The van der Waals surface area contributed by atoms with Crippen LogP contribution in [0.1, 0.15) is 0 Å². The first-order valence-electron chi connectivity index (χ1n) is 0.239. The van der Waals surface area contributed by atoms with Crippen LogP contribution in [-0.4, -0.2) is 0 Å². The molecule has 0 aliphatic rings. The monoisotopic (exact) mass is 421 g/mol.